The normalized spacial score (nSPS) is 31.7. The molecule has 2 aliphatic carbocycles. The van der Waals surface area contributed by atoms with Gasteiger partial charge in [0, 0.05) is 5.41 Å². The van der Waals surface area contributed by atoms with Crippen LogP contribution in [0, 0.1) is 16.7 Å². The van der Waals surface area contributed by atoms with Crippen molar-refractivity contribution in [2.45, 2.75) is 54.4 Å². The number of rotatable bonds is 1. The second-order valence-corrected chi connectivity index (χ2v) is 7.52. The highest BCUT2D eigenvalue weighted by Gasteiger charge is 2.35. The minimum atomic E-state index is 0.201. The molecule has 104 valence electrons. The highest BCUT2D eigenvalue weighted by atomic mass is 14.4. The zero-order valence-electron chi connectivity index (χ0n) is 13.4. The minimum absolute atomic E-state index is 0.201. The van der Waals surface area contributed by atoms with Crippen LogP contribution in [0.25, 0.3) is 0 Å². The van der Waals surface area contributed by atoms with Gasteiger partial charge in [0.1, 0.15) is 0 Å². The van der Waals surface area contributed by atoms with Gasteiger partial charge in [-0.2, -0.15) is 0 Å². The van der Waals surface area contributed by atoms with Gasteiger partial charge in [-0.3, -0.25) is 0 Å². The average molecular weight is 256 g/mol. The maximum Gasteiger partial charge on any atom is 0.0109 e. The van der Waals surface area contributed by atoms with E-state index in [1.54, 1.807) is 11.1 Å². The first-order chi connectivity index (χ1) is 8.74. The summed E-state index contributed by atoms with van der Waals surface area (Å²) in [7, 11) is 0. The molecule has 0 N–H and O–H groups in total. The highest BCUT2D eigenvalue weighted by Crippen LogP contribution is 2.48. The molecule has 2 atom stereocenters. The van der Waals surface area contributed by atoms with E-state index in [-0.39, 0.29) is 10.8 Å². The fourth-order valence-corrected chi connectivity index (χ4v) is 3.41. The first-order valence-corrected chi connectivity index (χ1v) is 7.52. The Morgan fingerprint density at radius 2 is 1.89 bits per heavy atom. The average Bonchev–Trinajstić information content (AvgIpc) is 2.32. The van der Waals surface area contributed by atoms with Gasteiger partial charge in [-0.15, -0.1) is 0 Å². The molecule has 0 spiro atoms. The summed E-state index contributed by atoms with van der Waals surface area (Å²) in [4.78, 5) is 0. The summed E-state index contributed by atoms with van der Waals surface area (Å²) in [6.45, 7) is 14.0. The molecule has 2 unspecified atom stereocenters. The number of hydrogen-bond acceptors (Lipinski definition) is 0. The summed E-state index contributed by atoms with van der Waals surface area (Å²) >= 11 is 0. The monoisotopic (exact) mass is 256 g/mol. The van der Waals surface area contributed by atoms with E-state index in [4.69, 9.17) is 0 Å². The van der Waals surface area contributed by atoms with Gasteiger partial charge in [-0.25, -0.2) is 0 Å². The standard InChI is InChI=1S/C19H28/c1-14-10-12-19(6,13-11-14)17-15(2)8-7-9-16(17)18(3,4)5/h7,9-12,15H,8,13H2,1-6H3. The van der Waals surface area contributed by atoms with Crippen molar-refractivity contribution in [3.05, 3.63) is 47.1 Å². The Kier molecular flexibility index (Phi) is 3.64. The van der Waals surface area contributed by atoms with E-state index in [0.29, 0.717) is 5.92 Å². The second-order valence-electron chi connectivity index (χ2n) is 7.52. The van der Waals surface area contributed by atoms with Gasteiger partial charge in [-0.1, -0.05) is 76.1 Å². The largest absolute Gasteiger partial charge is 0.0837 e. The molecule has 0 radical (unpaired) electrons. The maximum atomic E-state index is 2.43. The van der Waals surface area contributed by atoms with Gasteiger partial charge >= 0.3 is 0 Å². The van der Waals surface area contributed by atoms with Crippen LogP contribution in [-0.2, 0) is 0 Å². The molecule has 0 heterocycles. The maximum absolute atomic E-state index is 2.43. The lowest BCUT2D eigenvalue weighted by atomic mass is 9.64. The molecule has 0 aromatic carbocycles. The van der Waals surface area contributed by atoms with Crippen molar-refractivity contribution < 1.29 is 0 Å². The second kappa shape index (κ2) is 4.81. The molecule has 2 aliphatic rings. The molecule has 0 amide bonds. The first kappa shape index (κ1) is 14.4. The lowest BCUT2D eigenvalue weighted by molar-refractivity contribution is 0.405. The lowest BCUT2D eigenvalue weighted by Crippen LogP contribution is -2.28. The summed E-state index contributed by atoms with van der Waals surface area (Å²) in [5.41, 5.74) is 5.03. The van der Waals surface area contributed by atoms with Gasteiger partial charge in [0.25, 0.3) is 0 Å². The molecule has 0 saturated heterocycles. The van der Waals surface area contributed by atoms with Gasteiger partial charge in [-0.05, 0) is 36.7 Å². The Bertz CT molecular complexity index is 477. The molecular weight excluding hydrogens is 228 g/mol. The van der Waals surface area contributed by atoms with Crippen molar-refractivity contribution in [3.8, 4) is 0 Å². The molecular formula is C19H28. The molecule has 19 heavy (non-hydrogen) atoms. The van der Waals surface area contributed by atoms with Crippen LogP contribution in [0.4, 0.5) is 0 Å². The van der Waals surface area contributed by atoms with Crippen LogP contribution in [0.5, 0.6) is 0 Å². The van der Waals surface area contributed by atoms with E-state index in [1.165, 1.54) is 12.0 Å². The van der Waals surface area contributed by atoms with Crippen LogP contribution in [0.2, 0.25) is 0 Å². The molecule has 0 aliphatic heterocycles. The molecule has 0 fully saturated rings. The van der Waals surface area contributed by atoms with Gasteiger partial charge in [0.05, 0.1) is 0 Å². The zero-order chi connectivity index (χ0) is 14.3. The quantitative estimate of drug-likeness (QED) is 0.553. The third-order valence-corrected chi connectivity index (χ3v) is 4.54. The van der Waals surface area contributed by atoms with Gasteiger partial charge < -0.3 is 0 Å². The van der Waals surface area contributed by atoms with E-state index >= 15 is 0 Å². The molecule has 0 aromatic heterocycles. The van der Waals surface area contributed by atoms with E-state index in [0.717, 1.165) is 6.42 Å². The predicted molar refractivity (Wildman–Crippen MR) is 85.0 cm³/mol. The fourth-order valence-electron chi connectivity index (χ4n) is 3.41. The van der Waals surface area contributed by atoms with Crippen LogP contribution < -0.4 is 0 Å². The summed E-state index contributed by atoms with van der Waals surface area (Å²) in [6, 6.07) is 0. The smallest absolute Gasteiger partial charge is 0.0109 e. The van der Waals surface area contributed by atoms with Crippen molar-refractivity contribution >= 4 is 0 Å². The Labute approximate surface area is 119 Å². The first-order valence-electron chi connectivity index (χ1n) is 7.52. The molecule has 0 aromatic rings. The lowest BCUT2D eigenvalue weighted by Gasteiger charge is -2.40. The highest BCUT2D eigenvalue weighted by molar-refractivity contribution is 5.43. The van der Waals surface area contributed by atoms with Crippen LogP contribution >= 0.6 is 0 Å². The Balaban J connectivity index is 2.52. The predicted octanol–water partition coefficient (Wildman–Crippen LogP) is 5.84. The van der Waals surface area contributed by atoms with Gasteiger partial charge in [0.15, 0.2) is 0 Å². The Hall–Kier alpha value is -1.04. The summed E-state index contributed by atoms with van der Waals surface area (Å²) in [6.07, 6.45) is 14.2. The van der Waals surface area contributed by atoms with E-state index < -0.39 is 0 Å². The SMILES string of the molecule is CC1=CCC(C)(C2=C(C(C)(C)C)C=CCC2C)C=C1. The van der Waals surface area contributed by atoms with Crippen molar-refractivity contribution in [2.75, 3.05) is 0 Å². The molecule has 0 heteroatoms. The molecule has 0 bridgehead atoms. The summed E-state index contributed by atoms with van der Waals surface area (Å²) in [5, 5.41) is 0. The minimum Gasteiger partial charge on any atom is -0.0837 e. The Morgan fingerprint density at radius 3 is 2.42 bits per heavy atom. The summed E-state index contributed by atoms with van der Waals surface area (Å²) in [5.74, 6) is 0.653. The van der Waals surface area contributed by atoms with Crippen molar-refractivity contribution in [1.29, 1.82) is 0 Å². The number of allylic oxidation sites excluding steroid dienone is 8. The molecule has 2 rings (SSSR count). The van der Waals surface area contributed by atoms with Gasteiger partial charge in [0.2, 0.25) is 0 Å². The third kappa shape index (κ3) is 2.78. The summed E-state index contributed by atoms with van der Waals surface area (Å²) < 4.78 is 0. The zero-order valence-corrected chi connectivity index (χ0v) is 13.4. The van der Waals surface area contributed by atoms with Crippen LogP contribution in [-0.4, -0.2) is 0 Å². The third-order valence-electron chi connectivity index (χ3n) is 4.54. The number of hydrogen-bond donors (Lipinski definition) is 0. The fraction of sp³-hybridized carbons (Fsp3) is 0.579. The van der Waals surface area contributed by atoms with E-state index in [1.807, 2.05) is 0 Å². The van der Waals surface area contributed by atoms with Crippen LogP contribution in [0.15, 0.2) is 47.1 Å². The van der Waals surface area contributed by atoms with E-state index in [9.17, 15) is 0 Å². The molecule has 0 saturated carbocycles. The van der Waals surface area contributed by atoms with Crippen molar-refractivity contribution in [1.82, 2.24) is 0 Å². The van der Waals surface area contributed by atoms with E-state index in [2.05, 4.69) is 71.9 Å². The Morgan fingerprint density at radius 1 is 1.21 bits per heavy atom. The van der Waals surface area contributed by atoms with Crippen LogP contribution in [0.1, 0.15) is 54.4 Å². The van der Waals surface area contributed by atoms with Crippen molar-refractivity contribution in [2.24, 2.45) is 16.7 Å². The van der Waals surface area contributed by atoms with Crippen LogP contribution in [0.3, 0.4) is 0 Å². The molecule has 0 nitrogen and oxygen atoms in total. The van der Waals surface area contributed by atoms with Crippen molar-refractivity contribution in [3.63, 3.8) is 0 Å². The topological polar surface area (TPSA) is 0 Å².